The number of nitro benzene ring substituents is 1. The minimum Gasteiger partial charge on any atom is -0.452 e. The van der Waals surface area contributed by atoms with Crippen molar-refractivity contribution in [2.75, 3.05) is 18.2 Å². The third kappa shape index (κ3) is 5.07. The number of hydrogen-bond donors (Lipinski definition) is 1. The van der Waals surface area contributed by atoms with Gasteiger partial charge in [-0.15, -0.1) is 0 Å². The largest absolute Gasteiger partial charge is 0.452 e. The Labute approximate surface area is 157 Å². The van der Waals surface area contributed by atoms with Crippen LogP contribution in [0.5, 0.6) is 0 Å². The van der Waals surface area contributed by atoms with E-state index >= 15 is 0 Å². The van der Waals surface area contributed by atoms with Gasteiger partial charge in [0, 0.05) is 24.1 Å². The lowest BCUT2D eigenvalue weighted by Crippen LogP contribution is -2.21. The number of sulfone groups is 1. The maximum Gasteiger partial charge on any atom is 0.338 e. The van der Waals surface area contributed by atoms with E-state index in [4.69, 9.17) is 0 Å². The first-order chi connectivity index (χ1) is 13.0. The van der Waals surface area contributed by atoms with Crippen LogP contribution in [0.2, 0.25) is 0 Å². The van der Waals surface area contributed by atoms with E-state index in [1.165, 1.54) is 0 Å². The average molecular weight is 414 g/mol. The lowest BCUT2D eigenvalue weighted by atomic mass is 10.2. The summed E-state index contributed by atoms with van der Waals surface area (Å²) in [6.07, 6.45) is 0.774. The fourth-order valence-electron chi connectivity index (χ4n) is 2.09. The molecular formula is C16H12F2N2O7S. The minimum atomic E-state index is -3.90. The van der Waals surface area contributed by atoms with Crippen LogP contribution in [0, 0.1) is 21.7 Å². The number of halogens is 2. The van der Waals surface area contributed by atoms with Crippen molar-refractivity contribution >= 4 is 33.1 Å². The van der Waals surface area contributed by atoms with E-state index in [0.29, 0.717) is 6.07 Å². The van der Waals surface area contributed by atoms with Crippen LogP contribution in [0.1, 0.15) is 10.4 Å². The molecule has 1 N–H and O–H groups in total. The van der Waals surface area contributed by atoms with Gasteiger partial charge in [-0.2, -0.15) is 0 Å². The molecule has 0 saturated heterocycles. The molecule has 0 radical (unpaired) electrons. The van der Waals surface area contributed by atoms with E-state index in [9.17, 15) is 36.9 Å². The molecule has 0 saturated carbocycles. The molecule has 0 unspecified atom stereocenters. The van der Waals surface area contributed by atoms with Crippen molar-refractivity contribution in [1.82, 2.24) is 0 Å². The van der Waals surface area contributed by atoms with Crippen molar-refractivity contribution in [1.29, 1.82) is 0 Å². The van der Waals surface area contributed by atoms with E-state index in [-0.39, 0.29) is 11.3 Å². The maximum atomic E-state index is 13.1. The predicted molar refractivity (Wildman–Crippen MR) is 91.5 cm³/mol. The molecular weight excluding hydrogens is 402 g/mol. The molecule has 0 atom stereocenters. The Morgan fingerprint density at radius 2 is 1.82 bits per heavy atom. The SMILES string of the molecule is CS(=O)(=O)c1ccc(C(=O)OCC(=O)Nc2ccc(F)c(F)c2)cc1[N+](=O)[O-]. The van der Waals surface area contributed by atoms with E-state index in [0.717, 1.165) is 36.6 Å². The molecule has 12 heteroatoms. The fourth-order valence-corrected chi connectivity index (χ4v) is 2.91. The van der Waals surface area contributed by atoms with Crippen LogP contribution < -0.4 is 5.32 Å². The smallest absolute Gasteiger partial charge is 0.338 e. The normalized spacial score (nSPS) is 11.0. The Hall–Kier alpha value is -3.41. The number of nitro groups is 1. The monoisotopic (exact) mass is 414 g/mol. The fraction of sp³-hybridized carbons (Fsp3) is 0.125. The summed E-state index contributed by atoms with van der Waals surface area (Å²) in [5, 5.41) is 13.2. The number of benzene rings is 2. The van der Waals surface area contributed by atoms with Gasteiger partial charge in [0.1, 0.15) is 4.90 Å². The zero-order chi connectivity index (χ0) is 21.1. The Morgan fingerprint density at radius 3 is 2.39 bits per heavy atom. The molecule has 9 nitrogen and oxygen atoms in total. The number of carbonyl (C=O) groups excluding carboxylic acids is 2. The predicted octanol–water partition coefficient (Wildman–Crippen LogP) is 2.07. The highest BCUT2D eigenvalue weighted by molar-refractivity contribution is 7.90. The Kier molecular flexibility index (Phi) is 6.03. The molecule has 1 amide bonds. The highest BCUT2D eigenvalue weighted by Gasteiger charge is 2.24. The number of esters is 1. The second kappa shape index (κ2) is 8.08. The first-order valence-electron chi connectivity index (χ1n) is 7.39. The average Bonchev–Trinajstić information content (AvgIpc) is 2.61. The first-order valence-corrected chi connectivity index (χ1v) is 9.28. The molecule has 28 heavy (non-hydrogen) atoms. The molecule has 0 heterocycles. The first kappa shape index (κ1) is 20.9. The highest BCUT2D eigenvalue weighted by atomic mass is 32.2. The van der Waals surface area contributed by atoms with Gasteiger partial charge in [-0.05, 0) is 24.3 Å². The van der Waals surface area contributed by atoms with Gasteiger partial charge in [0.2, 0.25) is 0 Å². The van der Waals surface area contributed by atoms with Crippen LogP contribution in [-0.2, 0) is 19.4 Å². The number of carbonyl (C=O) groups is 2. The van der Waals surface area contributed by atoms with Gasteiger partial charge in [-0.3, -0.25) is 14.9 Å². The number of nitrogens with zero attached hydrogens (tertiary/aromatic N) is 1. The zero-order valence-electron chi connectivity index (χ0n) is 14.1. The lowest BCUT2D eigenvalue weighted by Gasteiger charge is -2.08. The summed E-state index contributed by atoms with van der Waals surface area (Å²) in [5.74, 6) is -4.29. The molecule has 2 rings (SSSR count). The van der Waals surface area contributed by atoms with Gasteiger partial charge in [-0.1, -0.05) is 0 Å². The molecule has 0 aromatic heterocycles. The van der Waals surface area contributed by atoms with E-state index < -0.39 is 55.5 Å². The molecule has 2 aromatic carbocycles. The van der Waals surface area contributed by atoms with Crippen LogP contribution in [0.4, 0.5) is 20.2 Å². The van der Waals surface area contributed by atoms with Crippen molar-refractivity contribution in [2.24, 2.45) is 0 Å². The number of ether oxygens (including phenoxy) is 1. The summed E-state index contributed by atoms with van der Waals surface area (Å²) in [4.78, 5) is 33.1. The van der Waals surface area contributed by atoms with Crippen LogP contribution in [0.25, 0.3) is 0 Å². The number of rotatable bonds is 6. The van der Waals surface area contributed by atoms with Gasteiger partial charge in [-0.25, -0.2) is 22.0 Å². The number of hydrogen-bond acceptors (Lipinski definition) is 7. The Bertz CT molecular complexity index is 1070. The van der Waals surface area contributed by atoms with Crippen molar-refractivity contribution in [2.45, 2.75) is 4.90 Å². The molecule has 0 spiro atoms. The van der Waals surface area contributed by atoms with Gasteiger partial charge in [0.15, 0.2) is 28.1 Å². The highest BCUT2D eigenvalue weighted by Crippen LogP contribution is 2.25. The minimum absolute atomic E-state index is 0.0758. The molecule has 0 aliphatic heterocycles. The Balaban J connectivity index is 2.08. The van der Waals surface area contributed by atoms with Gasteiger partial charge >= 0.3 is 5.97 Å². The third-order valence-corrected chi connectivity index (χ3v) is 4.47. The van der Waals surface area contributed by atoms with Gasteiger partial charge < -0.3 is 10.1 Å². The lowest BCUT2D eigenvalue weighted by molar-refractivity contribution is -0.387. The van der Waals surface area contributed by atoms with Crippen LogP contribution in [-0.4, -0.2) is 38.1 Å². The summed E-state index contributed by atoms with van der Waals surface area (Å²) in [6.45, 7) is -0.820. The molecule has 0 bridgehead atoms. The maximum absolute atomic E-state index is 13.1. The standard InChI is InChI=1S/C16H12F2N2O7S/c1-28(25,26)14-5-2-9(6-13(14)20(23)24)16(22)27-8-15(21)19-10-3-4-11(17)12(18)7-10/h2-7H,8H2,1H3,(H,19,21). The van der Waals surface area contributed by atoms with Crippen molar-refractivity contribution in [3.63, 3.8) is 0 Å². The zero-order valence-corrected chi connectivity index (χ0v) is 15.0. The van der Waals surface area contributed by atoms with Crippen molar-refractivity contribution in [3.8, 4) is 0 Å². The summed E-state index contributed by atoms with van der Waals surface area (Å²) in [7, 11) is -3.90. The van der Waals surface area contributed by atoms with E-state index in [1.807, 2.05) is 0 Å². The van der Waals surface area contributed by atoms with E-state index in [1.54, 1.807) is 0 Å². The Morgan fingerprint density at radius 1 is 1.14 bits per heavy atom. The quantitative estimate of drug-likeness (QED) is 0.435. The van der Waals surface area contributed by atoms with Crippen LogP contribution in [0.15, 0.2) is 41.3 Å². The molecule has 148 valence electrons. The molecule has 0 aliphatic carbocycles. The summed E-state index contributed by atoms with van der Waals surface area (Å²) >= 11 is 0. The second-order valence-electron chi connectivity index (χ2n) is 5.46. The van der Waals surface area contributed by atoms with Gasteiger partial charge in [0.05, 0.1) is 10.5 Å². The topological polar surface area (TPSA) is 133 Å². The van der Waals surface area contributed by atoms with Gasteiger partial charge in [0.25, 0.3) is 11.6 Å². The van der Waals surface area contributed by atoms with Crippen LogP contribution >= 0.6 is 0 Å². The number of nitrogens with one attached hydrogen (secondary N) is 1. The third-order valence-electron chi connectivity index (χ3n) is 3.33. The summed E-state index contributed by atoms with van der Waals surface area (Å²) < 4.78 is 53.7. The van der Waals surface area contributed by atoms with Crippen LogP contribution in [0.3, 0.4) is 0 Å². The van der Waals surface area contributed by atoms with Crippen molar-refractivity contribution < 1.29 is 36.4 Å². The molecule has 2 aromatic rings. The summed E-state index contributed by atoms with van der Waals surface area (Å²) in [5.41, 5.74) is -1.24. The molecule has 0 fully saturated rings. The van der Waals surface area contributed by atoms with Crippen molar-refractivity contribution in [3.05, 3.63) is 63.7 Å². The number of amides is 1. The van der Waals surface area contributed by atoms with E-state index in [2.05, 4.69) is 10.1 Å². The summed E-state index contributed by atoms with van der Waals surface area (Å²) in [6, 6.07) is 5.20. The molecule has 0 aliphatic rings. The number of anilines is 1. The second-order valence-corrected chi connectivity index (χ2v) is 7.45.